The number of carbonyl (C=O) groups is 1. The van der Waals surface area contributed by atoms with Gasteiger partial charge in [-0.3, -0.25) is 9.78 Å². The first kappa shape index (κ1) is 14.8. The van der Waals surface area contributed by atoms with Crippen molar-refractivity contribution in [1.82, 2.24) is 4.98 Å². The van der Waals surface area contributed by atoms with Gasteiger partial charge >= 0.3 is 0 Å². The molecule has 1 amide bonds. The maximum atomic E-state index is 11.8. The Kier molecular flexibility index (Phi) is 4.60. The predicted octanol–water partition coefficient (Wildman–Crippen LogP) is 2.66. The summed E-state index contributed by atoms with van der Waals surface area (Å²) in [5, 5.41) is 0.772. The maximum Gasteiger partial charge on any atom is 0.226 e. The molecule has 0 aliphatic carbocycles. The number of pyridine rings is 1. The highest BCUT2D eigenvalue weighted by Gasteiger charge is 2.27. The Morgan fingerprint density at radius 2 is 1.70 bits per heavy atom. The van der Waals surface area contributed by atoms with Gasteiger partial charge in [0.15, 0.2) is 0 Å². The monoisotopic (exact) mass is 309 g/mol. The second kappa shape index (κ2) is 6.22. The number of hydrogen-bond donors (Lipinski definition) is 2. The van der Waals surface area contributed by atoms with Crippen LogP contribution < -0.4 is 11.5 Å². The van der Waals surface area contributed by atoms with E-state index in [2.05, 4.69) is 4.98 Å². The van der Waals surface area contributed by atoms with Crippen molar-refractivity contribution in [3.05, 3.63) is 63.9 Å². The van der Waals surface area contributed by atoms with Crippen LogP contribution >= 0.6 is 23.2 Å². The van der Waals surface area contributed by atoms with Gasteiger partial charge in [0.05, 0.1) is 16.0 Å². The van der Waals surface area contributed by atoms with Crippen molar-refractivity contribution >= 4 is 29.1 Å². The third-order valence-corrected chi connectivity index (χ3v) is 3.80. The van der Waals surface area contributed by atoms with Gasteiger partial charge in [0.1, 0.15) is 0 Å². The van der Waals surface area contributed by atoms with Crippen molar-refractivity contribution in [3.8, 4) is 0 Å². The molecule has 2 atom stereocenters. The molecule has 1 aromatic carbocycles. The predicted molar refractivity (Wildman–Crippen MR) is 79.6 cm³/mol. The van der Waals surface area contributed by atoms with Crippen LogP contribution in [0.2, 0.25) is 10.0 Å². The summed E-state index contributed by atoms with van der Waals surface area (Å²) in [4.78, 5) is 15.7. The number of halogens is 2. The van der Waals surface area contributed by atoms with E-state index >= 15 is 0 Å². The fourth-order valence-electron chi connectivity index (χ4n) is 2.03. The molecule has 4 N–H and O–H groups in total. The highest BCUT2D eigenvalue weighted by molar-refractivity contribution is 6.42. The number of nitrogens with zero attached hydrogens (tertiary/aromatic N) is 1. The van der Waals surface area contributed by atoms with Crippen LogP contribution in [0, 0.1) is 0 Å². The van der Waals surface area contributed by atoms with Gasteiger partial charge in [-0.25, -0.2) is 0 Å². The first-order valence-corrected chi connectivity index (χ1v) is 6.66. The summed E-state index contributed by atoms with van der Waals surface area (Å²) < 4.78 is 0. The van der Waals surface area contributed by atoms with E-state index in [1.54, 1.807) is 42.7 Å². The third-order valence-electron chi connectivity index (χ3n) is 3.06. The van der Waals surface area contributed by atoms with E-state index in [9.17, 15) is 4.79 Å². The molecule has 1 aromatic heterocycles. The first-order chi connectivity index (χ1) is 9.50. The zero-order valence-electron chi connectivity index (χ0n) is 10.5. The van der Waals surface area contributed by atoms with E-state index in [1.165, 1.54) is 0 Å². The Balaban J connectivity index is 2.41. The molecule has 0 aliphatic heterocycles. The largest absolute Gasteiger partial charge is 0.369 e. The van der Waals surface area contributed by atoms with Crippen LogP contribution in [0.4, 0.5) is 0 Å². The van der Waals surface area contributed by atoms with Crippen molar-refractivity contribution in [2.24, 2.45) is 11.5 Å². The van der Waals surface area contributed by atoms with Gasteiger partial charge in [-0.05, 0) is 35.4 Å². The lowest BCUT2D eigenvalue weighted by Gasteiger charge is -2.22. The molecule has 0 radical (unpaired) electrons. The summed E-state index contributed by atoms with van der Waals surface area (Å²) in [5.74, 6) is -1.21. The lowest BCUT2D eigenvalue weighted by Crippen LogP contribution is -2.31. The lowest BCUT2D eigenvalue weighted by molar-refractivity contribution is -0.119. The minimum Gasteiger partial charge on any atom is -0.369 e. The number of benzene rings is 1. The number of nitrogens with two attached hydrogens (primary N) is 2. The molecule has 2 rings (SSSR count). The highest BCUT2D eigenvalue weighted by Crippen LogP contribution is 2.32. The fraction of sp³-hybridized carbons (Fsp3) is 0.143. The van der Waals surface area contributed by atoms with Crippen molar-refractivity contribution in [3.63, 3.8) is 0 Å². The normalized spacial score (nSPS) is 13.8. The van der Waals surface area contributed by atoms with E-state index < -0.39 is 17.9 Å². The Bertz CT molecular complexity index is 619. The Morgan fingerprint density at radius 3 is 2.25 bits per heavy atom. The van der Waals surface area contributed by atoms with Gasteiger partial charge < -0.3 is 11.5 Å². The summed E-state index contributed by atoms with van der Waals surface area (Å²) in [7, 11) is 0. The van der Waals surface area contributed by atoms with E-state index in [1.807, 2.05) is 0 Å². The molecule has 4 nitrogen and oxygen atoms in total. The zero-order chi connectivity index (χ0) is 14.7. The first-order valence-electron chi connectivity index (χ1n) is 5.90. The topological polar surface area (TPSA) is 82.0 Å². The molecule has 1 heterocycles. The van der Waals surface area contributed by atoms with Crippen molar-refractivity contribution in [1.29, 1.82) is 0 Å². The zero-order valence-corrected chi connectivity index (χ0v) is 12.0. The number of hydrogen-bond acceptors (Lipinski definition) is 3. The summed E-state index contributed by atoms with van der Waals surface area (Å²) in [6.07, 6.45) is 3.23. The standard InChI is InChI=1S/C14H13Cl2N3O/c15-10-2-1-9(7-11(10)16)12(14(18)20)13(17)8-3-5-19-6-4-8/h1-7,12-13H,17H2,(H2,18,20). The average Bonchev–Trinajstić information content (AvgIpc) is 2.43. The smallest absolute Gasteiger partial charge is 0.226 e. The highest BCUT2D eigenvalue weighted by atomic mass is 35.5. The Hall–Kier alpha value is -1.62. The second-order valence-corrected chi connectivity index (χ2v) is 5.17. The van der Waals surface area contributed by atoms with E-state index in [4.69, 9.17) is 34.7 Å². The molecular formula is C14H13Cl2N3O. The summed E-state index contributed by atoms with van der Waals surface area (Å²) in [5.41, 5.74) is 13.0. The molecule has 2 unspecified atom stereocenters. The molecule has 0 saturated heterocycles. The molecule has 2 aromatic rings. The van der Waals surface area contributed by atoms with Crippen molar-refractivity contribution in [2.45, 2.75) is 12.0 Å². The Morgan fingerprint density at radius 1 is 1.05 bits per heavy atom. The van der Waals surface area contributed by atoms with Gasteiger partial charge in [0, 0.05) is 18.4 Å². The molecule has 0 bridgehead atoms. The van der Waals surface area contributed by atoms with Crippen LogP contribution in [0.3, 0.4) is 0 Å². The SMILES string of the molecule is NC(=O)C(c1ccc(Cl)c(Cl)c1)C(N)c1ccncc1. The maximum absolute atomic E-state index is 11.8. The number of rotatable bonds is 4. The molecule has 0 spiro atoms. The summed E-state index contributed by atoms with van der Waals surface area (Å²) in [6.45, 7) is 0. The number of primary amides is 1. The molecule has 0 aliphatic rings. The fourth-order valence-corrected chi connectivity index (χ4v) is 2.34. The number of carbonyl (C=O) groups excluding carboxylic acids is 1. The lowest BCUT2D eigenvalue weighted by atomic mass is 9.87. The number of amides is 1. The molecule has 104 valence electrons. The van der Waals surface area contributed by atoms with Crippen molar-refractivity contribution in [2.75, 3.05) is 0 Å². The van der Waals surface area contributed by atoms with Crippen LogP contribution in [0.5, 0.6) is 0 Å². The van der Waals surface area contributed by atoms with Gasteiger partial charge in [-0.1, -0.05) is 29.3 Å². The van der Waals surface area contributed by atoms with Crippen LogP contribution in [-0.2, 0) is 4.79 Å². The summed E-state index contributed by atoms with van der Waals surface area (Å²) >= 11 is 11.9. The van der Waals surface area contributed by atoms with Crippen LogP contribution in [0.15, 0.2) is 42.7 Å². The molecule has 6 heteroatoms. The summed E-state index contributed by atoms with van der Waals surface area (Å²) in [6, 6.07) is 7.85. The molecular weight excluding hydrogens is 297 g/mol. The molecule has 0 fully saturated rings. The van der Waals surface area contributed by atoms with Gasteiger partial charge in [-0.15, -0.1) is 0 Å². The van der Waals surface area contributed by atoms with Gasteiger partial charge in [0.25, 0.3) is 0 Å². The second-order valence-electron chi connectivity index (χ2n) is 4.36. The molecule has 20 heavy (non-hydrogen) atoms. The third kappa shape index (κ3) is 3.10. The van der Waals surface area contributed by atoms with E-state index in [-0.39, 0.29) is 0 Å². The van der Waals surface area contributed by atoms with Gasteiger partial charge in [-0.2, -0.15) is 0 Å². The van der Waals surface area contributed by atoms with Gasteiger partial charge in [0.2, 0.25) is 5.91 Å². The van der Waals surface area contributed by atoms with E-state index in [0.29, 0.717) is 15.6 Å². The minimum absolute atomic E-state index is 0.359. The van der Waals surface area contributed by atoms with Crippen LogP contribution in [-0.4, -0.2) is 10.9 Å². The average molecular weight is 310 g/mol. The quantitative estimate of drug-likeness (QED) is 0.911. The van der Waals surface area contributed by atoms with Crippen molar-refractivity contribution < 1.29 is 4.79 Å². The van der Waals surface area contributed by atoms with Crippen LogP contribution in [0.25, 0.3) is 0 Å². The number of aromatic nitrogens is 1. The Labute approximate surface area is 126 Å². The minimum atomic E-state index is -0.688. The molecule has 0 saturated carbocycles. The van der Waals surface area contributed by atoms with Crippen LogP contribution in [0.1, 0.15) is 23.1 Å². The van der Waals surface area contributed by atoms with E-state index in [0.717, 1.165) is 5.56 Å².